The van der Waals surface area contributed by atoms with E-state index in [2.05, 4.69) is 13.8 Å². The van der Waals surface area contributed by atoms with E-state index >= 15 is 0 Å². The third-order valence-corrected chi connectivity index (χ3v) is 2.64. The lowest BCUT2D eigenvalue weighted by Crippen LogP contribution is -2.51. The van der Waals surface area contributed by atoms with Crippen LogP contribution in [0.5, 0.6) is 0 Å². The van der Waals surface area contributed by atoms with Crippen molar-refractivity contribution in [3.63, 3.8) is 0 Å². The van der Waals surface area contributed by atoms with Gasteiger partial charge in [-0.2, -0.15) is 0 Å². The van der Waals surface area contributed by atoms with E-state index in [4.69, 9.17) is 9.47 Å². The van der Waals surface area contributed by atoms with Crippen molar-refractivity contribution in [2.75, 3.05) is 7.11 Å². The number of methoxy groups -OCH3 is 1. The molecule has 3 heteroatoms. The highest BCUT2D eigenvalue weighted by Gasteiger charge is 2.41. The van der Waals surface area contributed by atoms with Crippen LogP contribution in [0.3, 0.4) is 0 Å². The van der Waals surface area contributed by atoms with E-state index in [1.54, 1.807) is 7.11 Å². The normalized spacial score (nSPS) is 30.4. The van der Waals surface area contributed by atoms with Gasteiger partial charge in [0.05, 0.1) is 12.2 Å². The van der Waals surface area contributed by atoms with Crippen LogP contribution in [0.4, 0.5) is 0 Å². The summed E-state index contributed by atoms with van der Waals surface area (Å²) in [6, 6.07) is 0. The highest BCUT2D eigenvalue weighted by atomic mass is 16.5. The molecule has 1 saturated carbocycles. The van der Waals surface area contributed by atoms with Crippen molar-refractivity contribution in [3.05, 3.63) is 0 Å². The van der Waals surface area contributed by atoms with E-state index in [-0.39, 0.29) is 24.1 Å². The minimum Gasteiger partial charge on any atom is -0.371 e. The molecule has 0 aromatic heterocycles. The van der Waals surface area contributed by atoms with Gasteiger partial charge in [0.2, 0.25) is 0 Å². The molecule has 0 spiro atoms. The Labute approximate surface area is 79.4 Å². The first kappa shape index (κ1) is 10.7. The van der Waals surface area contributed by atoms with Crippen LogP contribution in [0, 0.1) is 5.92 Å². The molecule has 0 aromatic carbocycles. The Morgan fingerprint density at radius 3 is 2.38 bits per heavy atom. The zero-order chi connectivity index (χ0) is 10.0. The molecule has 3 nitrogen and oxygen atoms in total. The van der Waals surface area contributed by atoms with Crippen LogP contribution in [0.25, 0.3) is 0 Å². The first-order valence-electron chi connectivity index (χ1n) is 4.77. The van der Waals surface area contributed by atoms with Crippen molar-refractivity contribution in [2.45, 2.75) is 45.5 Å². The maximum absolute atomic E-state index is 11.0. The molecule has 1 rings (SSSR count). The van der Waals surface area contributed by atoms with Gasteiger partial charge in [0, 0.05) is 13.5 Å². The number of ether oxygens (including phenoxy) is 2. The van der Waals surface area contributed by atoms with Crippen LogP contribution < -0.4 is 0 Å². The monoisotopic (exact) mass is 186 g/mol. The summed E-state index contributed by atoms with van der Waals surface area (Å²) >= 11 is 0. The number of carbonyl (C=O) groups is 1. The summed E-state index contributed by atoms with van der Waals surface area (Å²) in [5.41, 5.74) is 0. The predicted molar refractivity (Wildman–Crippen MR) is 49.6 cm³/mol. The van der Waals surface area contributed by atoms with Crippen LogP contribution >= 0.6 is 0 Å². The van der Waals surface area contributed by atoms with E-state index in [1.807, 2.05) is 6.92 Å². The minimum atomic E-state index is -0.318. The van der Waals surface area contributed by atoms with Crippen LogP contribution in [-0.2, 0) is 14.3 Å². The van der Waals surface area contributed by atoms with Crippen molar-refractivity contribution in [3.8, 4) is 0 Å². The molecule has 1 aliphatic rings. The number of Topliss-reactive ketones (excluding diaryl/α,β-unsaturated/α-hetero) is 1. The number of carbonyl (C=O) groups excluding carboxylic acids is 1. The molecule has 0 saturated heterocycles. The number of hydrogen-bond acceptors (Lipinski definition) is 3. The Bertz CT molecular complexity index is 189. The molecule has 0 amide bonds. The molecule has 76 valence electrons. The molecule has 0 aromatic rings. The van der Waals surface area contributed by atoms with Crippen LogP contribution in [0.1, 0.15) is 27.2 Å². The lowest BCUT2D eigenvalue weighted by molar-refractivity contribution is -0.170. The summed E-state index contributed by atoms with van der Waals surface area (Å²) in [6.45, 7) is 6.24. The Kier molecular flexibility index (Phi) is 3.45. The fourth-order valence-corrected chi connectivity index (χ4v) is 1.30. The first-order valence-corrected chi connectivity index (χ1v) is 4.77. The zero-order valence-electron chi connectivity index (χ0n) is 8.74. The molecule has 0 heterocycles. The van der Waals surface area contributed by atoms with Crippen molar-refractivity contribution in [1.29, 1.82) is 0 Å². The molecule has 0 radical (unpaired) electrons. The van der Waals surface area contributed by atoms with Crippen LogP contribution in [-0.4, -0.2) is 31.2 Å². The van der Waals surface area contributed by atoms with Gasteiger partial charge in [-0.1, -0.05) is 13.8 Å². The van der Waals surface area contributed by atoms with Crippen LogP contribution in [0.2, 0.25) is 0 Å². The van der Waals surface area contributed by atoms with Gasteiger partial charge in [0.25, 0.3) is 0 Å². The Hall–Kier alpha value is -0.410. The summed E-state index contributed by atoms with van der Waals surface area (Å²) in [4.78, 5) is 11.0. The second-order valence-corrected chi connectivity index (χ2v) is 3.95. The standard InChI is InChI=1S/C10H18O3/c1-6(2)7(3)13-9-5-8(11)10(9)12-4/h6-7,9-10H,5H2,1-4H3. The lowest BCUT2D eigenvalue weighted by atomic mass is 9.89. The third kappa shape index (κ3) is 2.29. The third-order valence-electron chi connectivity index (χ3n) is 2.64. The molecule has 13 heavy (non-hydrogen) atoms. The van der Waals surface area contributed by atoms with E-state index in [0.717, 1.165) is 0 Å². The van der Waals surface area contributed by atoms with Crippen LogP contribution in [0.15, 0.2) is 0 Å². The predicted octanol–water partition coefficient (Wildman–Crippen LogP) is 1.40. The maximum Gasteiger partial charge on any atom is 0.166 e. The fraction of sp³-hybridized carbons (Fsp3) is 0.900. The average molecular weight is 186 g/mol. The van der Waals surface area contributed by atoms with Crippen molar-refractivity contribution >= 4 is 5.78 Å². The highest BCUT2D eigenvalue weighted by molar-refractivity contribution is 5.90. The highest BCUT2D eigenvalue weighted by Crippen LogP contribution is 2.25. The lowest BCUT2D eigenvalue weighted by Gasteiger charge is -2.36. The van der Waals surface area contributed by atoms with Crippen molar-refractivity contribution in [1.82, 2.24) is 0 Å². The molecular formula is C10H18O3. The zero-order valence-corrected chi connectivity index (χ0v) is 8.74. The molecule has 0 N–H and O–H groups in total. The number of rotatable bonds is 4. The SMILES string of the molecule is COC1C(=O)CC1OC(C)C(C)C. The molecule has 3 atom stereocenters. The molecule has 0 aliphatic heterocycles. The Balaban J connectivity index is 2.35. The molecule has 1 fully saturated rings. The molecule has 3 unspecified atom stereocenters. The largest absolute Gasteiger partial charge is 0.371 e. The Morgan fingerprint density at radius 2 is 2.00 bits per heavy atom. The molecule has 0 bridgehead atoms. The summed E-state index contributed by atoms with van der Waals surface area (Å²) in [7, 11) is 1.55. The maximum atomic E-state index is 11.0. The number of hydrogen-bond donors (Lipinski definition) is 0. The topological polar surface area (TPSA) is 35.5 Å². The summed E-state index contributed by atoms with van der Waals surface area (Å²) < 4.78 is 10.7. The summed E-state index contributed by atoms with van der Waals surface area (Å²) in [6.07, 6.45) is 0.363. The second kappa shape index (κ2) is 4.20. The van der Waals surface area contributed by atoms with Gasteiger partial charge in [-0.15, -0.1) is 0 Å². The van der Waals surface area contributed by atoms with Crippen molar-refractivity contribution < 1.29 is 14.3 Å². The fourth-order valence-electron chi connectivity index (χ4n) is 1.30. The van der Waals surface area contributed by atoms with E-state index in [1.165, 1.54) is 0 Å². The average Bonchev–Trinajstić information content (AvgIpc) is 2.03. The van der Waals surface area contributed by atoms with Gasteiger partial charge in [-0.25, -0.2) is 0 Å². The van der Waals surface area contributed by atoms with Gasteiger partial charge >= 0.3 is 0 Å². The van der Waals surface area contributed by atoms with E-state index < -0.39 is 0 Å². The van der Waals surface area contributed by atoms with Gasteiger partial charge < -0.3 is 9.47 Å². The smallest absolute Gasteiger partial charge is 0.166 e. The second-order valence-electron chi connectivity index (χ2n) is 3.95. The summed E-state index contributed by atoms with van der Waals surface area (Å²) in [5, 5.41) is 0. The number of ketones is 1. The quantitative estimate of drug-likeness (QED) is 0.665. The van der Waals surface area contributed by atoms with Gasteiger partial charge in [-0.3, -0.25) is 4.79 Å². The molecule has 1 aliphatic carbocycles. The van der Waals surface area contributed by atoms with Gasteiger partial charge in [0.15, 0.2) is 5.78 Å². The van der Waals surface area contributed by atoms with E-state index in [9.17, 15) is 4.79 Å². The summed E-state index contributed by atoms with van der Waals surface area (Å²) in [5.74, 6) is 0.636. The molecular weight excluding hydrogens is 168 g/mol. The Morgan fingerprint density at radius 1 is 1.38 bits per heavy atom. The van der Waals surface area contributed by atoms with Gasteiger partial charge in [-0.05, 0) is 12.8 Å². The van der Waals surface area contributed by atoms with E-state index in [0.29, 0.717) is 12.3 Å². The van der Waals surface area contributed by atoms with Crippen molar-refractivity contribution in [2.24, 2.45) is 5.92 Å². The minimum absolute atomic E-state index is 0.0186. The first-order chi connectivity index (χ1) is 6.06. The van der Waals surface area contributed by atoms with Gasteiger partial charge in [0.1, 0.15) is 6.10 Å².